The molecule has 0 heterocycles. The van der Waals surface area contributed by atoms with Crippen LogP contribution < -0.4 is 5.32 Å². The topological polar surface area (TPSA) is 29.1 Å². The molecule has 0 saturated heterocycles. The van der Waals surface area contributed by atoms with Crippen LogP contribution in [-0.4, -0.2) is 18.3 Å². The second kappa shape index (κ2) is 8.92. The number of carbonyl (C=O) groups excluding carboxylic acids is 1. The fraction of sp³-hybridized carbons (Fsp3) is 0.941. The molecule has 0 aromatic rings. The van der Waals surface area contributed by atoms with Crippen molar-refractivity contribution in [1.29, 1.82) is 0 Å². The molecule has 0 aromatic heterocycles. The largest absolute Gasteiger partial charge is 0.355 e. The number of unbranched alkanes of at least 4 members (excludes halogenated alkanes) is 1. The van der Waals surface area contributed by atoms with Crippen molar-refractivity contribution < 1.29 is 4.79 Å². The van der Waals surface area contributed by atoms with Gasteiger partial charge in [-0.05, 0) is 43.4 Å². The van der Waals surface area contributed by atoms with Crippen LogP contribution >= 0.6 is 11.6 Å². The molecule has 118 valence electrons. The molecule has 1 amide bonds. The Morgan fingerprint density at radius 2 is 1.90 bits per heavy atom. The molecule has 0 unspecified atom stereocenters. The van der Waals surface area contributed by atoms with Crippen LogP contribution in [-0.2, 0) is 4.79 Å². The minimum atomic E-state index is 0.107. The van der Waals surface area contributed by atoms with Crippen LogP contribution in [0.2, 0.25) is 0 Å². The van der Waals surface area contributed by atoms with Gasteiger partial charge in [-0.1, -0.05) is 40.0 Å². The van der Waals surface area contributed by atoms with Gasteiger partial charge < -0.3 is 5.32 Å². The third kappa shape index (κ3) is 6.47. The SMILES string of the molecule is CCCCC1CCC(C(=O)NCC(C)(C)CCCl)CC1. The van der Waals surface area contributed by atoms with Gasteiger partial charge in [0, 0.05) is 18.3 Å². The summed E-state index contributed by atoms with van der Waals surface area (Å²) in [6, 6.07) is 0. The summed E-state index contributed by atoms with van der Waals surface area (Å²) in [5.74, 6) is 2.04. The maximum atomic E-state index is 12.2. The minimum Gasteiger partial charge on any atom is -0.355 e. The highest BCUT2D eigenvalue weighted by atomic mass is 35.5. The molecule has 1 fully saturated rings. The number of rotatable bonds is 8. The molecule has 0 bridgehead atoms. The number of hydrogen-bond donors (Lipinski definition) is 1. The van der Waals surface area contributed by atoms with E-state index in [9.17, 15) is 4.79 Å². The van der Waals surface area contributed by atoms with E-state index in [4.69, 9.17) is 11.6 Å². The van der Waals surface area contributed by atoms with E-state index in [1.165, 1.54) is 32.1 Å². The predicted molar refractivity (Wildman–Crippen MR) is 87.1 cm³/mol. The van der Waals surface area contributed by atoms with Gasteiger partial charge in [0.2, 0.25) is 5.91 Å². The summed E-state index contributed by atoms with van der Waals surface area (Å²) >= 11 is 5.80. The van der Waals surface area contributed by atoms with Crippen LogP contribution in [0.15, 0.2) is 0 Å². The molecule has 3 heteroatoms. The molecule has 0 atom stereocenters. The highest BCUT2D eigenvalue weighted by Crippen LogP contribution is 2.32. The van der Waals surface area contributed by atoms with Crippen molar-refractivity contribution in [2.45, 2.75) is 72.1 Å². The lowest BCUT2D eigenvalue weighted by molar-refractivity contribution is -0.126. The van der Waals surface area contributed by atoms with Gasteiger partial charge in [0.25, 0.3) is 0 Å². The zero-order valence-electron chi connectivity index (χ0n) is 13.5. The van der Waals surface area contributed by atoms with E-state index in [0.717, 1.165) is 31.7 Å². The van der Waals surface area contributed by atoms with Crippen LogP contribution in [0.4, 0.5) is 0 Å². The van der Waals surface area contributed by atoms with E-state index in [1.54, 1.807) is 0 Å². The molecule has 1 saturated carbocycles. The second-order valence-corrected chi connectivity index (χ2v) is 7.56. The van der Waals surface area contributed by atoms with Gasteiger partial charge >= 0.3 is 0 Å². The van der Waals surface area contributed by atoms with Crippen molar-refractivity contribution in [3.63, 3.8) is 0 Å². The number of halogens is 1. The first-order valence-corrected chi connectivity index (χ1v) is 8.85. The molecular weight excluding hydrogens is 270 g/mol. The average Bonchev–Trinajstić information content (AvgIpc) is 2.43. The Balaban J connectivity index is 2.25. The second-order valence-electron chi connectivity index (χ2n) is 7.18. The van der Waals surface area contributed by atoms with E-state index < -0.39 is 0 Å². The van der Waals surface area contributed by atoms with Crippen LogP contribution in [0.1, 0.15) is 72.1 Å². The predicted octanol–water partition coefficient (Wildman–Crippen LogP) is 4.75. The monoisotopic (exact) mass is 301 g/mol. The number of carbonyl (C=O) groups is 1. The van der Waals surface area contributed by atoms with Crippen LogP contribution in [0, 0.1) is 17.3 Å². The van der Waals surface area contributed by atoms with E-state index in [0.29, 0.717) is 5.88 Å². The van der Waals surface area contributed by atoms with Crippen molar-refractivity contribution >= 4 is 17.5 Å². The third-order valence-corrected chi connectivity index (χ3v) is 4.88. The van der Waals surface area contributed by atoms with Crippen molar-refractivity contribution in [3.8, 4) is 0 Å². The lowest BCUT2D eigenvalue weighted by Crippen LogP contribution is -2.39. The van der Waals surface area contributed by atoms with Gasteiger partial charge in [-0.3, -0.25) is 4.79 Å². The first-order valence-electron chi connectivity index (χ1n) is 8.32. The van der Waals surface area contributed by atoms with E-state index >= 15 is 0 Å². The molecule has 0 radical (unpaired) electrons. The van der Waals surface area contributed by atoms with Crippen molar-refractivity contribution in [3.05, 3.63) is 0 Å². The first kappa shape index (κ1) is 17.8. The van der Waals surface area contributed by atoms with Crippen LogP contribution in [0.5, 0.6) is 0 Å². The van der Waals surface area contributed by atoms with Gasteiger partial charge in [-0.15, -0.1) is 11.6 Å². The molecule has 0 aliphatic heterocycles. The number of amides is 1. The van der Waals surface area contributed by atoms with Crippen molar-refractivity contribution in [2.75, 3.05) is 12.4 Å². The van der Waals surface area contributed by atoms with Gasteiger partial charge in [0.1, 0.15) is 0 Å². The summed E-state index contributed by atoms with van der Waals surface area (Å²) in [5.41, 5.74) is 0.107. The Morgan fingerprint density at radius 1 is 1.25 bits per heavy atom. The summed E-state index contributed by atoms with van der Waals surface area (Å²) in [6.07, 6.45) is 9.56. The van der Waals surface area contributed by atoms with Crippen LogP contribution in [0.25, 0.3) is 0 Å². The summed E-state index contributed by atoms with van der Waals surface area (Å²) in [4.78, 5) is 12.2. The summed E-state index contributed by atoms with van der Waals surface area (Å²) in [7, 11) is 0. The Bertz CT molecular complexity index is 283. The zero-order chi connectivity index (χ0) is 15.0. The molecule has 1 N–H and O–H groups in total. The first-order chi connectivity index (χ1) is 9.48. The zero-order valence-corrected chi connectivity index (χ0v) is 14.3. The third-order valence-electron chi connectivity index (χ3n) is 4.70. The summed E-state index contributed by atoms with van der Waals surface area (Å²) in [5, 5.41) is 3.14. The molecule has 2 nitrogen and oxygen atoms in total. The van der Waals surface area contributed by atoms with E-state index in [2.05, 4.69) is 26.1 Å². The highest BCUT2D eigenvalue weighted by Gasteiger charge is 2.27. The quantitative estimate of drug-likeness (QED) is 0.644. The van der Waals surface area contributed by atoms with Gasteiger partial charge in [0.15, 0.2) is 0 Å². The summed E-state index contributed by atoms with van der Waals surface area (Å²) in [6.45, 7) is 7.32. The fourth-order valence-electron chi connectivity index (χ4n) is 3.02. The Morgan fingerprint density at radius 3 is 2.45 bits per heavy atom. The maximum absolute atomic E-state index is 12.2. The van der Waals surface area contributed by atoms with Crippen LogP contribution in [0.3, 0.4) is 0 Å². The number of hydrogen-bond acceptors (Lipinski definition) is 1. The maximum Gasteiger partial charge on any atom is 0.223 e. The van der Waals surface area contributed by atoms with Gasteiger partial charge in [0.05, 0.1) is 0 Å². The Hall–Kier alpha value is -0.240. The van der Waals surface area contributed by atoms with Crippen molar-refractivity contribution in [1.82, 2.24) is 5.32 Å². The average molecular weight is 302 g/mol. The van der Waals surface area contributed by atoms with E-state index in [-0.39, 0.29) is 17.2 Å². The normalized spacial score (nSPS) is 23.6. The molecule has 20 heavy (non-hydrogen) atoms. The molecule has 1 aliphatic rings. The molecule has 0 aromatic carbocycles. The molecule has 0 spiro atoms. The number of alkyl halides is 1. The smallest absolute Gasteiger partial charge is 0.223 e. The highest BCUT2D eigenvalue weighted by molar-refractivity contribution is 6.17. The molecule has 1 aliphatic carbocycles. The summed E-state index contributed by atoms with van der Waals surface area (Å²) < 4.78 is 0. The fourth-order valence-corrected chi connectivity index (χ4v) is 3.53. The standard InChI is InChI=1S/C17H32ClNO/c1-4-5-6-14-7-9-15(10-8-14)16(20)19-13-17(2,3)11-12-18/h14-15H,4-13H2,1-3H3,(H,19,20). The van der Waals surface area contributed by atoms with Crippen molar-refractivity contribution in [2.24, 2.45) is 17.3 Å². The van der Waals surface area contributed by atoms with E-state index in [1.807, 2.05) is 0 Å². The lowest BCUT2D eigenvalue weighted by Gasteiger charge is -2.29. The van der Waals surface area contributed by atoms with Gasteiger partial charge in [-0.2, -0.15) is 0 Å². The Kier molecular flexibility index (Phi) is 7.94. The molecular formula is C17H32ClNO. The number of nitrogens with one attached hydrogen (secondary N) is 1. The molecule has 1 rings (SSSR count). The lowest BCUT2D eigenvalue weighted by atomic mass is 9.79. The minimum absolute atomic E-state index is 0.107. The van der Waals surface area contributed by atoms with Gasteiger partial charge in [-0.25, -0.2) is 0 Å². The Labute approximate surface area is 130 Å².